The number of aryl methyl sites for hydroxylation is 2. The molecule has 1 aromatic carbocycles. The van der Waals surface area contributed by atoms with Gasteiger partial charge < -0.3 is 0 Å². The van der Waals surface area contributed by atoms with E-state index in [1.54, 1.807) is 19.1 Å². The van der Waals surface area contributed by atoms with Crippen molar-refractivity contribution in [3.8, 4) is 0 Å². The van der Waals surface area contributed by atoms with E-state index in [1.165, 1.54) is 0 Å². The summed E-state index contributed by atoms with van der Waals surface area (Å²) < 4.78 is 23.8. The molecule has 0 saturated heterocycles. The molecule has 0 atom stereocenters. The summed E-state index contributed by atoms with van der Waals surface area (Å²) in [6.45, 7) is 3.55. The normalized spacial score (nSPS) is 10.9. The van der Waals surface area contributed by atoms with Gasteiger partial charge in [0.05, 0.1) is 10.6 Å². The van der Waals surface area contributed by atoms with Crippen LogP contribution in [0.1, 0.15) is 11.1 Å². The number of rotatable bonds is 4. The molecule has 0 aliphatic carbocycles. The van der Waals surface area contributed by atoms with Crippen LogP contribution in [0.25, 0.3) is 10.4 Å². The monoisotopic (exact) mass is 239 g/mol. The lowest BCUT2D eigenvalue weighted by Crippen LogP contribution is -2.10. The first-order chi connectivity index (χ1) is 7.47. The summed E-state index contributed by atoms with van der Waals surface area (Å²) in [4.78, 5) is 2.85. The molecule has 1 aromatic rings. The van der Waals surface area contributed by atoms with Crippen LogP contribution in [-0.2, 0) is 9.84 Å². The van der Waals surface area contributed by atoms with Crippen LogP contribution in [0.5, 0.6) is 0 Å². The summed E-state index contributed by atoms with van der Waals surface area (Å²) in [6.07, 6.45) is 0. The molecule has 86 valence electrons. The standard InChI is InChI=1S/C10H13N3O2S/c1-8-3-4-9(2)10(7-8)16(14,15)6-5-12-13-11/h3-4,7H,5-6H2,1-2H3. The van der Waals surface area contributed by atoms with Crippen LogP contribution in [0.3, 0.4) is 0 Å². The Labute approximate surface area is 94.7 Å². The highest BCUT2D eigenvalue weighted by Gasteiger charge is 2.16. The van der Waals surface area contributed by atoms with E-state index in [4.69, 9.17) is 5.53 Å². The highest BCUT2D eigenvalue weighted by atomic mass is 32.2. The predicted molar refractivity (Wildman–Crippen MR) is 62.0 cm³/mol. The third-order valence-electron chi connectivity index (χ3n) is 2.20. The predicted octanol–water partition coefficient (Wildman–Crippen LogP) is 2.39. The van der Waals surface area contributed by atoms with E-state index in [9.17, 15) is 8.42 Å². The third kappa shape index (κ3) is 2.98. The second-order valence-electron chi connectivity index (χ2n) is 3.54. The van der Waals surface area contributed by atoms with Crippen molar-refractivity contribution in [3.05, 3.63) is 39.8 Å². The summed E-state index contributed by atoms with van der Waals surface area (Å²) in [7, 11) is -3.35. The van der Waals surface area contributed by atoms with Crippen molar-refractivity contribution < 1.29 is 8.42 Å². The van der Waals surface area contributed by atoms with Crippen molar-refractivity contribution in [2.45, 2.75) is 18.7 Å². The van der Waals surface area contributed by atoms with Gasteiger partial charge in [0.15, 0.2) is 9.84 Å². The van der Waals surface area contributed by atoms with Crippen LogP contribution in [-0.4, -0.2) is 20.7 Å². The number of nitrogens with zero attached hydrogens (tertiary/aromatic N) is 3. The van der Waals surface area contributed by atoms with Crippen molar-refractivity contribution in [2.24, 2.45) is 5.11 Å². The Morgan fingerprint density at radius 2 is 2.06 bits per heavy atom. The van der Waals surface area contributed by atoms with Gasteiger partial charge in [0, 0.05) is 11.5 Å². The fourth-order valence-electron chi connectivity index (χ4n) is 1.36. The van der Waals surface area contributed by atoms with E-state index in [1.807, 2.05) is 13.0 Å². The highest BCUT2D eigenvalue weighted by Crippen LogP contribution is 2.18. The van der Waals surface area contributed by atoms with Gasteiger partial charge in [-0.1, -0.05) is 17.2 Å². The van der Waals surface area contributed by atoms with Crippen LogP contribution in [0.15, 0.2) is 28.2 Å². The smallest absolute Gasteiger partial charge is 0.178 e. The first-order valence-corrected chi connectivity index (χ1v) is 6.43. The number of azide groups is 1. The largest absolute Gasteiger partial charge is 0.224 e. The summed E-state index contributed by atoms with van der Waals surface area (Å²) in [5, 5.41) is 3.24. The average Bonchev–Trinajstić information content (AvgIpc) is 2.22. The molecule has 0 fully saturated rings. The first kappa shape index (κ1) is 12.5. The molecule has 0 spiro atoms. The molecule has 0 N–H and O–H groups in total. The van der Waals surface area contributed by atoms with Gasteiger partial charge in [0.25, 0.3) is 0 Å². The Morgan fingerprint density at radius 1 is 1.38 bits per heavy atom. The first-order valence-electron chi connectivity index (χ1n) is 4.78. The summed E-state index contributed by atoms with van der Waals surface area (Å²) in [6, 6.07) is 5.28. The Morgan fingerprint density at radius 3 is 2.69 bits per heavy atom. The minimum Gasteiger partial charge on any atom is -0.224 e. The Kier molecular flexibility index (Phi) is 3.93. The molecule has 0 saturated carbocycles. The van der Waals surface area contributed by atoms with Crippen LogP contribution in [0, 0.1) is 13.8 Å². The number of sulfone groups is 1. The molecule has 0 aromatic heterocycles. The molecule has 5 nitrogen and oxygen atoms in total. The maximum Gasteiger partial charge on any atom is 0.178 e. The Bertz CT molecular complexity index is 531. The van der Waals surface area contributed by atoms with Gasteiger partial charge in [-0.05, 0) is 36.6 Å². The lowest BCUT2D eigenvalue weighted by Gasteiger charge is -2.07. The Balaban J connectivity index is 3.06. The molecular formula is C10H13N3O2S. The quantitative estimate of drug-likeness (QED) is 0.459. The van der Waals surface area contributed by atoms with Crippen LogP contribution < -0.4 is 0 Å². The van der Waals surface area contributed by atoms with Crippen LogP contribution in [0.4, 0.5) is 0 Å². The van der Waals surface area contributed by atoms with E-state index in [0.29, 0.717) is 10.5 Å². The lowest BCUT2D eigenvalue weighted by atomic mass is 10.2. The van der Waals surface area contributed by atoms with Crippen molar-refractivity contribution in [2.75, 3.05) is 12.3 Å². The SMILES string of the molecule is Cc1ccc(C)c(S(=O)(=O)CCN=[N+]=[N-])c1. The van der Waals surface area contributed by atoms with E-state index >= 15 is 0 Å². The zero-order valence-electron chi connectivity index (χ0n) is 9.21. The molecule has 0 bridgehead atoms. The van der Waals surface area contributed by atoms with E-state index < -0.39 is 9.84 Å². The molecule has 1 rings (SSSR count). The van der Waals surface area contributed by atoms with Gasteiger partial charge in [-0.25, -0.2) is 8.42 Å². The minimum atomic E-state index is -3.35. The molecule has 0 radical (unpaired) electrons. The lowest BCUT2D eigenvalue weighted by molar-refractivity contribution is 0.595. The second kappa shape index (κ2) is 5.01. The molecular weight excluding hydrogens is 226 g/mol. The molecule has 6 heteroatoms. The van der Waals surface area contributed by atoms with Crippen LogP contribution in [0.2, 0.25) is 0 Å². The van der Waals surface area contributed by atoms with Crippen molar-refractivity contribution in [1.82, 2.24) is 0 Å². The van der Waals surface area contributed by atoms with Gasteiger partial charge >= 0.3 is 0 Å². The van der Waals surface area contributed by atoms with E-state index in [0.717, 1.165) is 5.56 Å². The van der Waals surface area contributed by atoms with E-state index in [2.05, 4.69) is 10.0 Å². The number of benzene rings is 1. The van der Waals surface area contributed by atoms with Gasteiger partial charge in [-0.15, -0.1) is 0 Å². The van der Waals surface area contributed by atoms with Crippen molar-refractivity contribution >= 4 is 9.84 Å². The van der Waals surface area contributed by atoms with Crippen molar-refractivity contribution in [1.29, 1.82) is 0 Å². The Hall–Kier alpha value is -1.52. The average molecular weight is 239 g/mol. The van der Waals surface area contributed by atoms with E-state index in [-0.39, 0.29) is 12.3 Å². The fraction of sp³-hybridized carbons (Fsp3) is 0.400. The number of hydrogen-bond donors (Lipinski definition) is 0. The molecule has 0 heterocycles. The summed E-state index contributed by atoms with van der Waals surface area (Å²) >= 11 is 0. The molecule has 0 unspecified atom stereocenters. The number of hydrogen-bond acceptors (Lipinski definition) is 3. The summed E-state index contributed by atoms with van der Waals surface area (Å²) in [5.41, 5.74) is 9.71. The van der Waals surface area contributed by atoms with Gasteiger partial charge in [0.2, 0.25) is 0 Å². The van der Waals surface area contributed by atoms with Crippen molar-refractivity contribution in [3.63, 3.8) is 0 Å². The molecule has 0 aliphatic heterocycles. The molecule has 16 heavy (non-hydrogen) atoms. The van der Waals surface area contributed by atoms with Gasteiger partial charge in [0.1, 0.15) is 0 Å². The fourth-order valence-corrected chi connectivity index (χ4v) is 2.82. The topological polar surface area (TPSA) is 82.9 Å². The maximum atomic E-state index is 11.9. The van der Waals surface area contributed by atoms with Crippen LogP contribution >= 0.6 is 0 Å². The third-order valence-corrected chi connectivity index (χ3v) is 4.03. The molecule has 0 amide bonds. The zero-order valence-corrected chi connectivity index (χ0v) is 10.0. The molecule has 0 aliphatic rings. The highest BCUT2D eigenvalue weighted by molar-refractivity contribution is 7.91. The van der Waals surface area contributed by atoms with Gasteiger partial charge in [-0.2, -0.15) is 0 Å². The zero-order chi connectivity index (χ0) is 12.2. The second-order valence-corrected chi connectivity index (χ2v) is 5.62. The maximum absolute atomic E-state index is 11.9. The summed E-state index contributed by atoms with van der Waals surface area (Å²) in [5.74, 6) is -0.151. The van der Waals surface area contributed by atoms with Gasteiger partial charge in [-0.3, -0.25) is 0 Å². The minimum absolute atomic E-state index is 0.0355.